The Balaban J connectivity index is 0.000000642. The second-order valence-electron chi connectivity index (χ2n) is 15.4. The first kappa shape index (κ1) is 58.8. The Labute approximate surface area is 410 Å². The van der Waals surface area contributed by atoms with Crippen molar-refractivity contribution in [3.8, 4) is 11.3 Å². The van der Waals surface area contributed by atoms with Crippen LogP contribution in [-0.2, 0) is 29.6 Å². The molecule has 3 aromatic rings. The van der Waals surface area contributed by atoms with E-state index in [1.54, 1.807) is 25.2 Å². The van der Waals surface area contributed by atoms with Gasteiger partial charge in [-0.05, 0) is 48.6 Å². The number of carbonyl (C=O) groups is 2. The molecule has 0 saturated carbocycles. The summed E-state index contributed by atoms with van der Waals surface area (Å²) < 4.78 is 63.6. The molecule has 2 aromatic heterocycles. The van der Waals surface area contributed by atoms with Gasteiger partial charge < -0.3 is 40.2 Å². The molecular formula is C43H57CaFN6O12S2. The van der Waals surface area contributed by atoms with Gasteiger partial charge in [-0.2, -0.15) is 0 Å². The average Bonchev–Trinajstić information content (AvgIpc) is 3.17. The van der Waals surface area contributed by atoms with Gasteiger partial charge in [-0.25, -0.2) is 49.8 Å². The summed E-state index contributed by atoms with van der Waals surface area (Å²) in [5, 5.41) is 61.0. The van der Waals surface area contributed by atoms with Crippen molar-refractivity contribution in [1.82, 2.24) is 19.9 Å². The van der Waals surface area contributed by atoms with E-state index in [-0.39, 0.29) is 74.3 Å². The van der Waals surface area contributed by atoms with Crippen LogP contribution < -0.4 is 18.8 Å². The number of aliphatic carboxylic acids is 2. The van der Waals surface area contributed by atoms with Crippen LogP contribution in [0.1, 0.15) is 100 Å². The molecule has 0 saturated heterocycles. The first-order valence-electron chi connectivity index (χ1n) is 19.9. The van der Waals surface area contributed by atoms with Gasteiger partial charge in [-0.15, -0.1) is 0 Å². The third-order valence-corrected chi connectivity index (χ3v) is 11.6. The van der Waals surface area contributed by atoms with Crippen molar-refractivity contribution >= 4 is 99.3 Å². The van der Waals surface area contributed by atoms with Gasteiger partial charge in [0.25, 0.3) is 0 Å². The van der Waals surface area contributed by atoms with E-state index in [9.17, 15) is 61.5 Å². The van der Waals surface area contributed by atoms with Crippen molar-refractivity contribution in [3.05, 3.63) is 89.2 Å². The molecule has 0 radical (unpaired) electrons. The molecule has 2 heterocycles. The normalized spacial score (nSPS) is 14.1. The minimum absolute atomic E-state index is 0. The van der Waals surface area contributed by atoms with Crippen LogP contribution in [0.3, 0.4) is 0 Å². The summed E-state index contributed by atoms with van der Waals surface area (Å²) in [6, 6.07) is 5.46. The molecule has 4 atom stereocenters. The predicted octanol–water partition coefficient (Wildman–Crippen LogP) is 1.54. The van der Waals surface area contributed by atoms with Crippen molar-refractivity contribution < 1.29 is 61.5 Å². The summed E-state index contributed by atoms with van der Waals surface area (Å²) in [6.07, 6.45) is 4.81. The fourth-order valence-electron chi connectivity index (χ4n) is 5.82. The van der Waals surface area contributed by atoms with Gasteiger partial charge in [0.05, 0.1) is 59.7 Å². The van der Waals surface area contributed by atoms with Gasteiger partial charge in [0.1, 0.15) is 5.82 Å². The number of carbonyl (C=O) groups excluding carboxylic acids is 2. The second kappa shape index (κ2) is 26.2. The molecule has 3 rings (SSSR count). The topological polar surface area (TPSA) is 287 Å². The van der Waals surface area contributed by atoms with Crippen LogP contribution in [0.2, 0.25) is 0 Å². The Bertz CT molecular complexity index is 2430. The van der Waals surface area contributed by atoms with E-state index in [0.717, 1.165) is 21.1 Å². The van der Waals surface area contributed by atoms with Crippen molar-refractivity contribution in [3.63, 3.8) is 0 Å². The Morgan fingerprint density at radius 1 is 0.738 bits per heavy atom. The van der Waals surface area contributed by atoms with Crippen molar-refractivity contribution in [1.29, 1.82) is 0 Å². The number of aliphatic hydroxyl groups is 4. The van der Waals surface area contributed by atoms with Crippen LogP contribution in [0.4, 0.5) is 16.3 Å². The molecule has 65 heavy (non-hydrogen) atoms. The maximum absolute atomic E-state index is 13.5. The zero-order valence-corrected chi connectivity index (χ0v) is 41.8. The molecule has 0 fully saturated rings. The van der Waals surface area contributed by atoms with E-state index in [4.69, 9.17) is 0 Å². The summed E-state index contributed by atoms with van der Waals surface area (Å²) >= 11 is 0. The van der Waals surface area contributed by atoms with Gasteiger partial charge in [-0.1, -0.05) is 70.7 Å². The number of carboxylic acid groups (broad SMARTS) is 2. The molecule has 22 heteroatoms. The molecule has 352 valence electrons. The van der Waals surface area contributed by atoms with Gasteiger partial charge in [0.15, 0.2) is 0 Å². The molecule has 0 unspecified atom stereocenters. The monoisotopic (exact) mass is 972 g/mol. The molecule has 0 amide bonds. The fraction of sp³-hybridized carbons (Fsp3) is 0.442. The Morgan fingerprint density at radius 2 is 1.14 bits per heavy atom. The number of aromatic nitrogens is 4. The summed E-state index contributed by atoms with van der Waals surface area (Å²) in [4.78, 5) is 38.9. The molecule has 1 aromatic carbocycles. The Morgan fingerprint density at radius 3 is 1.51 bits per heavy atom. The number of nitrogens with zero attached hydrogens (tertiary/aromatic N) is 6. The van der Waals surface area contributed by atoms with Crippen LogP contribution >= 0.6 is 0 Å². The summed E-state index contributed by atoms with van der Waals surface area (Å²) in [5.41, 5.74) is 3.94. The molecule has 0 aliphatic heterocycles. The van der Waals surface area contributed by atoms with Crippen molar-refractivity contribution in [2.24, 2.45) is 0 Å². The SMILES string of the molecule is C=C/C(=C\C)c1nc(N(C)S(C)(=O)=O)nc(C(C)C)c1/C=C/[C@@H](O)C[C@@H](O)CC(=O)[O-].CC(C)c1nc(N(C)S(C)(=O)=O)nc(-c2ccc(F)cc2)c1/C=C/[C@@H](O)C[C@@H](O)CC(=O)[O-].[Ca+2]. The number of rotatable bonds is 21. The standard InChI is InChI=1S/C22H28FN3O6S.C21H31N3O6S.Ca/c1-13(2)20-18(10-9-16(27)11-17(28)12-19(29)30)21(14-5-7-15(23)8-6-14)25-22(24-20)26(3)33(4,31)32;1-7-14(8-2)20-17(10-9-15(25)11-16(26)12-18(27)28)19(13(3)4)22-21(23-20)24(5)31(6,29)30;/h5-10,13,16-17,27-28H,11-12H2,1-4H3,(H,29,30);7-10,13,15-16,25-26H,1,11-12H2,2-6H3,(H,27,28);/q;;+2/p-2/b10-9+;10-9+,14-8+;/t16-,17-;15-,16-;/m11./s1. The van der Waals surface area contributed by atoms with Crippen molar-refractivity contribution in [2.45, 2.75) is 96.6 Å². The van der Waals surface area contributed by atoms with Crippen LogP contribution in [0.25, 0.3) is 29.0 Å². The quantitative estimate of drug-likeness (QED) is 0.0870. The number of hydrogen-bond acceptors (Lipinski definition) is 16. The maximum atomic E-state index is 13.5. The van der Waals surface area contributed by atoms with E-state index in [2.05, 4.69) is 26.5 Å². The Hall–Kier alpha value is -4.19. The number of aliphatic hydroxyl groups excluding tert-OH is 4. The number of allylic oxidation sites excluding steroid dienone is 3. The number of hydrogen-bond donors (Lipinski definition) is 4. The maximum Gasteiger partial charge on any atom is 2.00 e. The number of halogens is 1. The molecule has 0 aliphatic rings. The molecular weight excluding hydrogens is 916 g/mol. The average molecular weight is 973 g/mol. The molecule has 4 N–H and O–H groups in total. The van der Waals surface area contributed by atoms with Gasteiger partial charge in [0, 0.05) is 68.4 Å². The largest absolute Gasteiger partial charge is 2.00 e. The first-order chi connectivity index (χ1) is 29.6. The second-order valence-corrected chi connectivity index (χ2v) is 19.4. The van der Waals surface area contributed by atoms with Gasteiger partial charge in [-0.3, -0.25) is 0 Å². The number of benzene rings is 1. The number of sulfonamides is 2. The smallest absolute Gasteiger partial charge is 0.550 e. The number of carboxylic acids is 2. The third-order valence-electron chi connectivity index (χ3n) is 9.30. The first-order valence-corrected chi connectivity index (χ1v) is 23.6. The Kier molecular flexibility index (Phi) is 23.7. The van der Waals surface area contributed by atoms with Crippen LogP contribution in [0.15, 0.2) is 55.1 Å². The molecule has 0 aliphatic carbocycles. The van der Waals surface area contributed by atoms with E-state index in [1.807, 2.05) is 27.7 Å². The summed E-state index contributed by atoms with van der Waals surface area (Å²) in [6.45, 7) is 13.0. The van der Waals surface area contributed by atoms with E-state index in [0.29, 0.717) is 45.0 Å². The van der Waals surface area contributed by atoms with Crippen LogP contribution in [0.5, 0.6) is 0 Å². The van der Waals surface area contributed by atoms with Crippen LogP contribution in [-0.4, -0.2) is 158 Å². The molecule has 0 bridgehead atoms. The summed E-state index contributed by atoms with van der Waals surface area (Å²) in [5.74, 6) is -3.66. The summed E-state index contributed by atoms with van der Waals surface area (Å²) in [7, 11) is -4.57. The fourth-order valence-corrected chi connectivity index (χ4v) is 6.57. The third kappa shape index (κ3) is 18.5. The molecule has 0 spiro atoms. The predicted molar refractivity (Wildman–Crippen MR) is 244 cm³/mol. The minimum atomic E-state index is -3.66. The minimum Gasteiger partial charge on any atom is -0.550 e. The molecule has 18 nitrogen and oxygen atoms in total. The zero-order chi connectivity index (χ0) is 48.9. The van der Waals surface area contributed by atoms with E-state index in [1.165, 1.54) is 56.6 Å². The zero-order valence-electron chi connectivity index (χ0n) is 37.9. The number of anilines is 2. The van der Waals surface area contributed by atoms with E-state index < -0.39 is 75.1 Å². The van der Waals surface area contributed by atoms with Gasteiger partial charge in [0.2, 0.25) is 31.9 Å². The van der Waals surface area contributed by atoms with Crippen molar-refractivity contribution in [2.75, 3.05) is 35.2 Å². The van der Waals surface area contributed by atoms with Gasteiger partial charge >= 0.3 is 37.7 Å². The van der Waals surface area contributed by atoms with Crippen LogP contribution in [0, 0.1) is 5.82 Å². The van der Waals surface area contributed by atoms with E-state index >= 15 is 0 Å².